The maximum Gasteiger partial charge on any atom is 0.277 e. The van der Waals surface area contributed by atoms with Crippen LogP contribution in [0, 0.1) is 0 Å². The average molecular weight is 235 g/mol. The highest BCUT2D eigenvalue weighted by atomic mass is 35.5. The summed E-state index contributed by atoms with van der Waals surface area (Å²) in [6.07, 6.45) is 1.71. The Morgan fingerprint density at radius 1 is 1.38 bits per heavy atom. The first kappa shape index (κ1) is 10.9. The van der Waals surface area contributed by atoms with Gasteiger partial charge in [-0.25, -0.2) is 4.99 Å². The lowest BCUT2D eigenvalue weighted by atomic mass is 10.2. The Labute approximate surface area is 99.0 Å². The Balaban J connectivity index is 2.41. The molecule has 1 heterocycles. The zero-order chi connectivity index (χ0) is 11.7. The number of amidine groups is 1. The number of hydrogen-bond donors (Lipinski definition) is 0. The van der Waals surface area contributed by atoms with Crippen LogP contribution in [0.3, 0.4) is 0 Å². The predicted octanol–water partition coefficient (Wildman–Crippen LogP) is 2.57. The summed E-state index contributed by atoms with van der Waals surface area (Å²) in [5.41, 5.74) is 1.23. The van der Waals surface area contributed by atoms with E-state index in [0.29, 0.717) is 16.6 Å². The second kappa shape index (κ2) is 4.10. The van der Waals surface area contributed by atoms with Gasteiger partial charge in [-0.05, 0) is 24.6 Å². The molecule has 0 aromatic heterocycles. The number of carbonyl (C=O) groups excluding carboxylic acids is 1. The van der Waals surface area contributed by atoms with Crippen molar-refractivity contribution in [3.8, 4) is 0 Å². The third-order valence-electron chi connectivity index (χ3n) is 2.49. The van der Waals surface area contributed by atoms with Crippen molar-refractivity contribution in [3.05, 3.63) is 40.5 Å². The summed E-state index contributed by atoms with van der Waals surface area (Å²) >= 11 is 6.01. The van der Waals surface area contributed by atoms with Gasteiger partial charge in [0.05, 0.1) is 0 Å². The smallest absolute Gasteiger partial charge is 0.277 e. The second-order valence-electron chi connectivity index (χ2n) is 3.57. The summed E-state index contributed by atoms with van der Waals surface area (Å²) in [6.45, 7) is 1.80. The standard InChI is InChI=1S/C12H11ClN2O/c1-8-14-11(12(16)15(8)2)7-9-5-3-4-6-10(9)13/h3-7H,1-2H3/b11-7-. The van der Waals surface area contributed by atoms with Gasteiger partial charge in [0, 0.05) is 12.1 Å². The molecule has 4 heteroatoms. The fraction of sp³-hybridized carbons (Fsp3) is 0.167. The predicted molar refractivity (Wildman–Crippen MR) is 65.3 cm³/mol. The zero-order valence-corrected chi connectivity index (χ0v) is 9.82. The minimum Gasteiger partial charge on any atom is -0.298 e. The minimum absolute atomic E-state index is 0.0996. The number of hydrogen-bond acceptors (Lipinski definition) is 2. The summed E-state index contributed by atoms with van der Waals surface area (Å²) in [5.74, 6) is 0.598. The molecule has 82 valence electrons. The summed E-state index contributed by atoms with van der Waals surface area (Å²) in [5, 5.41) is 0.616. The van der Waals surface area contributed by atoms with Gasteiger partial charge < -0.3 is 0 Å². The fourth-order valence-corrected chi connectivity index (χ4v) is 1.64. The van der Waals surface area contributed by atoms with E-state index < -0.39 is 0 Å². The molecule has 0 N–H and O–H groups in total. The maximum absolute atomic E-state index is 11.7. The largest absolute Gasteiger partial charge is 0.298 e. The van der Waals surface area contributed by atoms with Crippen LogP contribution >= 0.6 is 11.6 Å². The number of amides is 1. The van der Waals surface area contributed by atoms with Gasteiger partial charge in [0.2, 0.25) is 0 Å². The van der Waals surface area contributed by atoms with Crippen molar-refractivity contribution in [2.45, 2.75) is 6.92 Å². The molecule has 0 spiro atoms. The molecule has 1 aliphatic heterocycles. The molecule has 0 atom stereocenters. The van der Waals surface area contributed by atoms with Crippen molar-refractivity contribution in [2.24, 2.45) is 4.99 Å². The van der Waals surface area contributed by atoms with E-state index in [4.69, 9.17) is 11.6 Å². The fourth-order valence-electron chi connectivity index (χ4n) is 1.45. The van der Waals surface area contributed by atoms with Crippen LogP contribution in [0.5, 0.6) is 0 Å². The molecule has 0 saturated heterocycles. The van der Waals surface area contributed by atoms with E-state index in [1.807, 2.05) is 18.2 Å². The highest BCUT2D eigenvalue weighted by molar-refractivity contribution is 6.32. The molecule has 0 fully saturated rings. The summed E-state index contributed by atoms with van der Waals surface area (Å²) in [6, 6.07) is 7.36. The van der Waals surface area contributed by atoms with Gasteiger partial charge in [0.25, 0.3) is 5.91 Å². The van der Waals surface area contributed by atoms with Crippen LogP contribution < -0.4 is 0 Å². The Kier molecular flexibility index (Phi) is 2.79. The molecule has 0 bridgehead atoms. The van der Waals surface area contributed by atoms with Crippen molar-refractivity contribution < 1.29 is 4.79 Å². The van der Waals surface area contributed by atoms with Crippen LogP contribution in [0.4, 0.5) is 0 Å². The highest BCUT2D eigenvalue weighted by Gasteiger charge is 2.23. The lowest BCUT2D eigenvalue weighted by Crippen LogP contribution is -2.25. The number of rotatable bonds is 1. The molecule has 3 nitrogen and oxygen atoms in total. The van der Waals surface area contributed by atoms with Crippen molar-refractivity contribution in [3.63, 3.8) is 0 Å². The van der Waals surface area contributed by atoms with Gasteiger partial charge in [-0.3, -0.25) is 9.69 Å². The molecule has 0 saturated carbocycles. The van der Waals surface area contributed by atoms with E-state index in [-0.39, 0.29) is 5.91 Å². The second-order valence-corrected chi connectivity index (χ2v) is 3.98. The van der Waals surface area contributed by atoms with E-state index in [1.165, 1.54) is 4.90 Å². The van der Waals surface area contributed by atoms with Crippen LogP contribution in [0.1, 0.15) is 12.5 Å². The molecule has 16 heavy (non-hydrogen) atoms. The van der Waals surface area contributed by atoms with E-state index in [9.17, 15) is 4.79 Å². The normalized spacial score (nSPS) is 18.2. The molecular weight excluding hydrogens is 224 g/mol. The average Bonchev–Trinajstić information content (AvgIpc) is 2.50. The minimum atomic E-state index is -0.0996. The topological polar surface area (TPSA) is 32.7 Å². The Morgan fingerprint density at radius 2 is 2.06 bits per heavy atom. The van der Waals surface area contributed by atoms with E-state index in [2.05, 4.69) is 4.99 Å². The molecular formula is C12H11ClN2O. The first-order valence-corrected chi connectivity index (χ1v) is 5.27. The highest BCUT2D eigenvalue weighted by Crippen LogP contribution is 2.21. The first-order chi connectivity index (χ1) is 7.59. The maximum atomic E-state index is 11.7. The van der Waals surface area contributed by atoms with Gasteiger partial charge in [-0.15, -0.1) is 0 Å². The van der Waals surface area contributed by atoms with E-state index in [1.54, 1.807) is 26.1 Å². The lowest BCUT2D eigenvalue weighted by molar-refractivity contribution is -0.121. The summed E-state index contributed by atoms with van der Waals surface area (Å²) in [4.78, 5) is 17.4. The third-order valence-corrected chi connectivity index (χ3v) is 2.83. The van der Waals surface area contributed by atoms with Gasteiger partial charge in [0.1, 0.15) is 11.5 Å². The van der Waals surface area contributed by atoms with Gasteiger partial charge >= 0.3 is 0 Å². The zero-order valence-electron chi connectivity index (χ0n) is 9.07. The molecule has 1 aliphatic rings. The molecule has 0 radical (unpaired) electrons. The molecule has 0 unspecified atom stereocenters. The monoisotopic (exact) mass is 234 g/mol. The molecule has 1 amide bonds. The number of halogens is 1. The first-order valence-electron chi connectivity index (χ1n) is 4.89. The van der Waals surface area contributed by atoms with Crippen LogP contribution in [0.2, 0.25) is 5.02 Å². The van der Waals surface area contributed by atoms with E-state index >= 15 is 0 Å². The lowest BCUT2D eigenvalue weighted by Gasteiger charge is -2.06. The van der Waals surface area contributed by atoms with Crippen molar-refractivity contribution in [1.29, 1.82) is 0 Å². The van der Waals surface area contributed by atoms with Crippen LogP contribution in [0.25, 0.3) is 6.08 Å². The summed E-state index contributed by atoms with van der Waals surface area (Å²) in [7, 11) is 1.70. The summed E-state index contributed by atoms with van der Waals surface area (Å²) < 4.78 is 0. The van der Waals surface area contributed by atoms with Gasteiger partial charge in [0.15, 0.2) is 0 Å². The molecule has 2 rings (SSSR count). The van der Waals surface area contributed by atoms with Crippen LogP contribution in [-0.4, -0.2) is 23.7 Å². The molecule has 1 aromatic carbocycles. The van der Waals surface area contributed by atoms with Crippen LogP contribution in [-0.2, 0) is 4.79 Å². The number of likely N-dealkylation sites (N-methyl/N-ethyl adjacent to an activating group) is 1. The van der Waals surface area contributed by atoms with Gasteiger partial charge in [-0.1, -0.05) is 29.8 Å². The Morgan fingerprint density at radius 3 is 2.62 bits per heavy atom. The molecule has 1 aromatic rings. The van der Waals surface area contributed by atoms with E-state index in [0.717, 1.165) is 5.56 Å². The number of aliphatic imine (C=N–C) groups is 1. The Hall–Kier alpha value is -1.61. The number of carbonyl (C=O) groups is 1. The van der Waals surface area contributed by atoms with Gasteiger partial charge in [-0.2, -0.15) is 0 Å². The van der Waals surface area contributed by atoms with Crippen LogP contribution in [0.15, 0.2) is 35.0 Å². The molecule has 0 aliphatic carbocycles. The quantitative estimate of drug-likeness (QED) is 0.688. The number of nitrogens with zero attached hydrogens (tertiary/aromatic N) is 2. The van der Waals surface area contributed by atoms with Crippen molar-refractivity contribution in [1.82, 2.24) is 4.90 Å². The van der Waals surface area contributed by atoms with Crippen molar-refractivity contribution >= 4 is 29.4 Å². The third kappa shape index (κ3) is 1.86. The SMILES string of the molecule is CC1=N/C(=C\c2ccccc2Cl)C(=O)N1C. The Bertz CT molecular complexity index is 505. The van der Waals surface area contributed by atoms with Crippen molar-refractivity contribution in [2.75, 3.05) is 7.05 Å². The number of benzene rings is 1.